The van der Waals surface area contributed by atoms with Crippen LogP contribution in [-0.2, 0) is 20.7 Å². The number of rotatable bonds is 6. The highest BCUT2D eigenvalue weighted by atomic mass is 35.5. The summed E-state index contributed by atoms with van der Waals surface area (Å²) in [7, 11) is -1.05. The van der Waals surface area contributed by atoms with Gasteiger partial charge in [0.05, 0.1) is 10.7 Å². The molecule has 1 heterocycles. The Hall–Kier alpha value is -1.78. The van der Waals surface area contributed by atoms with Gasteiger partial charge in [-0.15, -0.1) is 0 Å². The minimum absolute atomic E-state index is 0.00910. The summed E-state index contributed by atoms with van der Waals surface area (Å²) in [6.07, 6.45) is 0.737. The van der Waals surface area contributed by atoms with Crippen LogP contribution in [0.25, 0.3) is 0 Å². The highest BCUT2D eigenvalue weighted by Gasteiger charge is 2.29. The van der Waals surface area contributed by atoms with Gasteiger partial charge in [0.15, 0.2) is 0 Å². The Morgan fingerprint density at radius 3 is 2.50 bits per heavy atom. The first-order valence-corrected chi connectivity index (χ1v) is 11.6. The third-order valence-electron chi connectivity index (χ3n) is 4.17. The lowest BCUT2D eigenvalue weighted by molar-refractivity contribution is 0.253. The predicted molar refractivity (Wildman–Crippen MR) is 112 cm³/mol. The van der Waals surface area contributed by atoms with Crippen LogP contribution in [0.3, 0.4) is 0 Å². The first-order valence-electron chi connectivity index (χ1n) is 8.52. The van der Waals surface area contributed by atoms with E-state index in [0.29, 0.717) is 17.1 Å². The van der Waals surface area contributed by atoms with Gasteiger partial charge in [-0.3, -0.25) is 4.90 Å². The van der Waals surface area contributed by atoms with Crippen LogP contribution >= 0.6 is 11.6 Å². The zero-order valence-electron chi connectivity index (χ0n) is 15.5. The molecule has 28 heavy (non-hydrogen) atoms. The fourth-order valence-corrected chi connectivity index (χ4v) is 5.77. The predicted octanol–water partition coefficient (Wildman–Crippen LogP) is 3.10. The summed E-state index contributed by atoms with van der Waals surface area (Å²) in [4.78, 5) is 17.6. The van der Waals surface area contributed by atoms with Gasteiger partial charge in [0.25, 0.3) is 0 Å². The second kappa shape index (κ2) is 8.30. The average molecular weight is 441 g/mol. The third-order valence-corrected chi connectivity index (χ3v) is 7.35. The Balaban J connectivity index is 2.14. The zero-order valence-corrected chi connectivity index (χ0v) is 17.9. The minimum Gasteiger partial charge on any atom is -0.309 e. The highest BCUT2D eigenvalue weighted by Crippen LogP contribution is 2.38. The van der Waals surface area contributed by atoms with Crippen molar-refractivity contribution < 1.29 is 13.2 Å². The molecule has 1 aliphatic rings. The van der Waals surface area contributed by atoms with Gasteiger partial charge in [0.2, 0.25) is 10.0 Å². The summed E-state index contributed by atoms with van der Waals surface area (Å²) >= 11 is 6.20. The number of hydrogen-bond acceptors (Lipinski definition) is 4. The lowest BCUT2D eigenvalue weighted by atomic mass is 10.2. The van der Waals surface area contributed by atoms with Crippen LogP contribution in [0.15, 0.2) is 61.5 Å². The minimum atomic E-state index is -4.01. The van der Waals surface area contributed by atoms with Gasteiger partial charge >= 0.3 is 6.03 Å². The van der Waals surface area contributed by atoms with Crippen molar-refractivity contribution in [3.63, 3.8) is 0 Å². The van der Waals surface area contributed by atoms with Crippen LogP contribution < -0.4 is 10.0 Å². The number of carbonyl (C=O) groups is 1. The summed E-state index contributed by atoms with van der Waals surface area (Å²) in [5, 5.41) is 5.32. The summed E-state index contributed by atoms with van der Waals surface area (Å²) in [5.74, 6) is 0. The van der Waals surface area contributed by atoms with Gasteiger partial charge < -0.3 is 4.90 Å². The second-order valence-electron chi connectivity index (χ2n) is 6.58. The summed E-state index contributed by atoms with van der Waals surface area (Å²) < 4.78 is 28.3. The summed E-state index contributed by atoms with van der Waals surface area (Å²) in [5.41, 5.74) is 0.573. The van der Waals surface area contributed by atoms with Gasteiger partial charge in [-0.2, -0.15) is 4.36 Å². The molecule has 0 bridgehead atoms. The second-order valence-corrected chi connectivity index (χ2v) is 10.2. The quantitative estimate of drug-likeness (QED) is 0.746. The molecule has 2 aromatic carbocycles. The number of halogens is 1. The molecule has 0 aromatic heterocycles. The van der Waals surface area contributed by atoms with Crippen LogP contribution in [0, 0.1) is 0 Å². The zero-order chi connectivity index (χ0) is 20.5. The van der Waals surface area contributed by atoms with Gasteiger partial charge in [-0.05, 0) is 62.0 Å². The fourth-order valence-electron chi connectivity index (χ4n) is 2.88. The standard InChI is InChI=1S/C18H21ClN4O3S2/c1-22(2)9-6-10-23-15-11-14(19)17(28(20,25)26)12-16(15)27(21-18(23)24)13-7-4-3-5-8-13/h3-5,7-8,11-12H,6,9-10H2,1-2H3,(H2,20,25,26). The Morgan fingerprint density at radius 1 is 1.21 bits per heavy atom. The van der Waals surface area contributed by atoms with E-state index in [4.69, 9.17) is 16.7 Å². The number of primary sulfonamides is 1. The maximum absolute atomic E-state index is 12.8. The van der Waals surface area contributed by atoms with Crippen LogP contribution in [0.2, 0.25) is 5.02 Å². The monoisotopic (exact) mass is 440 g/mol. The molecule has 2 aromatic rings. The molecule has 10 heteroatoms. The van der Waals surface area contributed by atoms with Crippen molar-refractivity contribution in [3.05, 3.63) is 47.5 Å². The van der Waals surface area contributed by atoms with Crippen molar-refractivity contribution in [3.8, 4) is 0 Å². The van der Waals surface area contributed by atoms with Crippen LogP contribution in [-0.4, -0.2) is 46.5 Å². The van der Waals surface area contributed by atoms with E-state index < -0.39 is 20.7 Å². The van der Waals surface area contributed by atoms with Crippen LogP contribution in [0.5, 0.6) is 0 Å². The number of urea groups is 1. The number of amides is 2. The van der Waals surface area contributed by atoms with E-state index in [0.717, 1.165) is 17.9 Å². The van der Waals surface area contributed by atoms with Gasteiger partial charge in [0, 0.05) is 16.3 Å². The van der Waals surface area contributed by atoms with Crippen LogP contribution in [0.4, 0.5) is 10.5 Å². The number of anilines is 1. The molecule has 2 amide bonds. The number of fused-ring (bicyclic) bond motifs is 1. The van der Waals surface area contributed by atoms with Crippen molar-refractivity contribution in [2.24, 2.45) is 9.50 Å². The SMILES string of the molecule is CN(C)CCCN1C(=O)N=S(c2ccccc2)c2cc(S(N)(=O)=O)c(Cl)cc21. The Labute approximate surface area is 172 Å². The molecular formula is C18H21ClN4O3S2. The number of hydrogen-bond donors (Lipinski definition) is 1. The first-order chi connectivity index (χ1) is 13.2. The topological polar surface area (TPSA) is 96.1 Å². The molecule has 0 radical (unpaired) electrons. The number of sulfonamides is 1. The van der Waals surface area contributed by atoms with Crippen molar-refractivity contribution in [2.75, 3.05) is 32.1 Å². The van der Waals surface area contributed by atoms with E-state index in [9.17, 15) is 13.2 Å². The van der Waals surface area contributed by atoms with Gasteiger partial charge in [0.1, 0.15) is 4.90 Å². The van der Waals surface area contributed by atoms with E-state index in [-0.39, 0.29) is 15.9 Å². The van der Waals surface area contributed by atoms with Crippen molar-refractivity contribution >= 4 is 44.0 Å². The molecule has 1 unspecified atom stereocenters. The van der Waals surface area contributed by atoms with Gasteiger partial charge in [-0.25, -0.2) is 18.4 Å². The summed E-state index contributed by atoms with van der Waals surface area (Å²) in [6, 6.07) is 11.9. The molecule has 3 rings (SSSR count). The molecule has 1 aliphatic heterocycles. The first kappa shape index (κ1) is 20.9. The van der Waals surface area contributed by atoms with Crippen molar-refractivity contribution in [1.82, 2.24) is 4.90 Å². The number of carbonyl (C=O) groups excluding carboxylic acids is 1. The van der Waals surface area contributed by atoms with E-state index in [1.165, 1.54) is 12.1 Å². The molecule has 2 N–H and O–H groups in total. The average Bonchev–Trinajstić information content (AvgIpc) is 2.62. The number of nitrogens with zero attached hydrogens (tertiary/aromatic N) is 3. The Bertz CT molecular complexity index is 1040. The van der Waals surface area contributed by atoms with Gasteiger partial charge in [-0.1, -0.05) is 29.8 Å². The fraction of sp³-hybridized carbons (Fsp3) is 0.278. The Morgan fingerprint density at radius 2 is 1.89 bits per heavy atom. The van der Waals surface area contributed by atoms with Crippen LogP contribution in [0.1, 0.15) is 6.42 Å². The summed E-state index contributed by atoms with van der Waals surface area (Å²) in [6.45, 7) is 1.25. The van der Waals surface area contributed by atoms with E-state index in [2.05, 4.69) is 4.36 Å². The maximum Gasteiger partial charge on any atom is 0.354 e. The maximum atomic E-state index is 12.8. The molecular weight excluding hydrogens is 420 g/mol. The van der Waals surface area contributed by atoms with E-state index >= 15 is 0 Å². The molecule has 0 saturated heterocycles. The lowest BCUT2D eigenvalue weighted by Crippen LogP contribution is -2.35. The molecule has 0 spiro atoms. The van der Waals surface area contributed by atoms with Crippen molar-refractivity contribution in [2.45, 2.75) is 21.1 Å². The van der Waals surface area contributed by atoms with E-state index in [1.54, 1.807) is 4.90 Å². The largest absolute Gasteiger partial charge is 0.354 e. The normalized spacial score (nSPS) is 16.8. The molecule has 0 aliphatic carbocycles. The highest BCUT2D eigenvalue weighted by molar-refractivity contribution is 7.89. The smallest absolute Gasteiger partial charge is 0.309 e. The molecule has 150 valence electrons. The molecule has 0 fully saturated rings. The lowest BCUT2D eigenvalue weighted by Gasteiger charge is -2.29. The Kier molecular flexibility index (Phi) is 6.21. The van der Waals surface area contributed by atoms with Crippen molar-refractivity contribution in [1.29, 1.82) is 0 Å². The molecule has 1 atom stereocenters. The van der Waals surface area contributed by atoms with E-state index in [1.807, 2.05) is 49.3 Å². The third kappa shape index (κ3) is 4.44. The molecule has 0 saturated carbocycles. The molecule has 7 nitrogen and oxygen atoms in total. The number of benzene rings is 2. The number of nitrogens with two attached hydrogens (primary N) is 1.